The standard InChI is InChI=1S/C12H15NO8/c14-5-8(15)11-9(16)10(17)12(21-11)20-7-3-1-6(2-4-7)13(18)19/h1-4,8-12,14-17H,5H2/t8-,9+,10+,11-,12+/m0/s1. The molecule has 21 heavy (non-hydrogen) atoms. The van der Waals surface area contributed by atoms with Crippen molar-refractivity contribution in [3.05, 3.63) is 34.4 Å². The highest BCUT2D eigenvalue weighted by Crippen LogP contribution is 2.27. The molecule has 1 saturated heterocycles. The van der Waals surface area contributed by atoms with Crippen LogP contribution in [0.5, 0.6) is 5.75 Å². The van der Waals surface area contributed by atoms with E-state index in [2.05, 4.69) is 0 Å². The largest absolute Gasteiger partial charge is 0.462 e. The lowest BCUT2D eigenvalue weighted by molar-refractivity contribution is -0.384. The summed E-state index contributed by atoms with van der Waals surface area (Å²) < 4.78 is 10.4. The van der Waals surface area contributed by atoms with Crippen molar-refractivity contribution in [2.75, 3.05) is 6.61 Å². The second kappa shape index (κ2) is 6.33. The van der Waals surface area contributed by atoms with Gasteiger partial charge in [-0.15, -0.1) is 0 Å². The zero-order valence-electron chi connectivity index (χ0n) is 10.8. The Morgan fingerprint density at radius 2 is 1.90 bits per heavy atom. The summed E-state index contributed by atoms with van der Waals surface area (Å²) in [5.74, 6) is 0.191. The highest BCUT2D eigenvalue weighted by molar-refractivity contribution is 5.36. The molecule has 1 fully saturated rings. The average Bonchev–Trinajstić information content (AvgIpc) is 2.75. The van der Waals surface area contributed by atoms with Crippen molar-refractivity contribution in [3.63, 3.8) is 0 Å². The van der Waals surface area contributed by atoms with Crippen LogP contribution in [0.15, 0.2) is 24.3 Å². The zero-order valence-corrected chi connectivity index (χ0v) is 10.8. The number of rotatable bonds is 5. The van der Waals surface area contributed by atoms with Gasteiger partial charge in [0.15, 0.2) is 0 Å². The molecule has 0 aliphatic carbocycles. The molecule has 0 radical (unpaired) electrons. The molecule has 5 atom stereocenters. The molecule has 9 nitrogen and oxygen atoms in total. The number of aliphatic hydroxyl groups excluding tert-OH is 4. The first-order valence-electron chi connectivity index (χ1n) is 6.15. The Kier molecular flexibility index (Phi) is 4.70. The van der Waals surface area contributed by atoms with Gasteiger partial charge < -0.3 is 29.9 Å². The van der Waals surface area contributed by atoms with E-state index in [1.165, 1.54) is 24.3 Å². The van der Waals surface area contributed by atoms with E-state index in [1.807, 2.05) is 0 Å². The minimum Gasteiger partial charge on any atom is -0.462 e. The predicted octanol–water partition coefficient (Wildman–Crippen LogP) is -1.23. The molecule has 116 valence electrons. The Labute approximate surface area is 119 Å². The van der Waals surface area contributed by atoms with E-state index >= 15 is 0 Å². The van der Waals surface area contributed by atoms with E-state index in [4.69, 9.17) is 14.6 Å². The third-order valence-corrected chi connectivity index (χ3v) is 3.12. The number of aliphatic hydroxyl groups is 4. The molecular formula is C12H15NO8. The molecule has 0 saturated carbocycles. The second-order valence-corrected chi connectivity index (χ2v) is 4.57. The summed E-state index contributed by atoms with van der Waals surface area (Å²) in [6, 6.07) is 5.06. The van der Waals surface area contributed by atoms with Gasteiger partial charge in [-0.3, -0.25) is 10.1 Å². The molecule has 1 aromatic carbocycles. The topological polar surface area (TPSA) is 143 Å². The first kappa shape index (κ1) is 15.6. The minimum atomic E-state index is -1.42. The van der Waals surface area contributed by atoms with E-state index in [1.54, 1.807) is 0 Å². The van der Waals surface area contributed by atoms with Crippen LogP contribution in [0.4, 0.5) is 5.69 Å². The Bertz CT molecular complexity index is 493. The quantitative estimate of drug-likeness (QED) is 0.391. The number of hydrogen-bond donors (Lipinski definition) is 4. The van der Waals surface area contributed by atoms with Crippen LogP contribution in [0, 0.1) is 10.1 Å². The van der Waals surface area contributed by atoms with E-state index in [0.29, 0.717) is 0 Å². The van der Waals surface area contributed by atoms with Gasteiger partial charge in [-0.05, 0) is 12.1 Å². The summed E-state index contributed by atoms with van der Waals surface area (Å²) in [7, 11) is 0. The molecule has 9 heteroatoms. The average molecular weight is 301 g/mol. The summed E-state index contributed by atoms with van der Waals surface area (Å²) in [6.45, 7) is -0.640. The van der Waals surface area contributed by atoms with Gasteiger partial charge in [0, 0.05) is 12.1 Å². The number of nitrogens with zero attached hydrogens (tertiary/aromatic N) is 1. The Morgan fingerprint density at radius 3 is 2.43 bits per heavy atom. The van der Waals surface area contributed by atoms with E-state index < -0.39 is 42.2 Å². The summed E-state index contributed by atoms with van der Waals surface area (Å²) in [4.78, 5) is 9.95. The Hall–Kier alpha value is -1.78. The normalized spacial score (nSPS) is 30.1. The van der Waals surface area contributed by atoms with Crippen molar-refractivity contribution >= 4 is 5.69 Å². The number of hydrogen-bond acceptors (Lipinski definition) is 8. The SMILES string of the molecule is O=[N+]([O-])c1ccc(O[C@@H]2O[C@@H]([C@@H](O)CO)[C@H](O)[C@H]2O)cc1. The first-order valence-corrected chi connectivity index (χ1v) is 6.15. The van der Waals surface area contributed by atoms with E-state index in [-0.39, 0.29) is 11.4 Å². The number of ether oxygens (including phenoxy) is 2. The van der Waals surface area contributed by atoms with Crippen LogP contribution in [0.3, 0.4) is 0 Å². The van der Waals surface area contributed by atoms with Gasteiger partial charge in [-0.2, -0.15) is 0 Å². The predicted molar refractivity (Wildman–Crippen MR) is 67.5 cm³/mol. The maximum absolute atomic E-state index is 10.5. The third-order valence-electron chi connectivity index (χ3n) is 3.12. The molecule has 1 heterocycles. The van der Waals surface area contributed by atoms with Crippen LogP contribution in [-0.2, 0) is 4.74 Å². The fourth-order valence-electron chi connectivity index (χ4n) is 1.97. The molecule has 0 unspecified atom stereocenters. The highest BCUT2D eigenvalue weighted by Gasteiger charge is 2.47. The Morgan fingerprint density at radius 1 is 1.29 bits per heavy atom. The summed E-state index contributed by atoms with van der Waals surface area (Å²) in [5, 5.41) is 48.3. The molecule has 0 spiro atoms. The number of benzene rings is 1. The number of non-ortho nitro benzene ring substituents is 1. The molecule has 4 N–H and O–H groups in total. The Balaban J connectivity index is 2.04. The number of nitro benzene ring substituents is 1. The molecule has 1 aromatic rings. The van der Waals surface area contributed by atoms with Gasteiger partial charge in [0.2, 0.25) is 6.29 Å². The van der Waals surface area contributed by atoms with Gasteiger partial charge in [-0.1, -0.05) is 0 Å². The van der Waals surface area contributed by atoms with Crippen molar-refractivity contribution in [1.29, 1.82) is 0 Å². The van der Waals surface area contributed by atoms with Crippen LogP contribution in [0.25, 0.3) is 0 Å². The van der Waals surface area contributed by atoms with Crippen LogP contribution in [0.1, 0.15) is 0 Å². The third kappa shape index (κ3) is 3.28. The van der Waals surface area contributed by atoms with Crippen LogP contribution < -0.4 is 4.74 Å². The molecule has 0 amide bonds. The fourth-order valence-corrected chi connectivity index (χ4v) is 1.97. The highest BCUT2D eigenvalue weighted by atomic mass is 16.7. The molecular weight excluding hydrogens is 286 g/mol. The fraction of sp³-hybridized carbons (Fsp3) is 0.500. The summed E-state index contributed by atoms with van der Waals surface area (Å²) >= 11 is 0. The van der Waals surface area contributed by atoms with Gasteiger partial charge >= 0.3 is 0 Å². The smallest absolute Gasteiger partial charge is 0.269 e. The van der Waals surface area contributed by atoms with Crippen molar-refractivity contribution in [2.24, 2.45) is 0 Å². The molecule has 1 aliphatic heterocycles. The van der Waals surface area contributed by atoms with Crippen LogP contribution in [-0.4, -0.2) is 62.7 Å². The van der Waals surface area contributed by atoms with Gasteiger partial charge in [0.1, 0.15) is 30.2 Å². The lowest BCUT2D eigenvalue weighted by Crippen LogP contribution is -2.40. The lowest BCUT2D eigenvalue weighted by atomic mass is 10.1. The minimum absolute atomic E-state index is 0.121. The van der Waals surface area contributed by atoms with Gasteiger partial charge in [-0.25, -0.2) is 0 Å². The second-order valence-electron chi connectivity index (χ2n) is 4.57. The molecule has 0 bridgehead atoms. The van der Waals surface area contributed by atoms with Crippen molar-refractivity contribution in [2.45, 2.75) is 30.7 Å². The zero-order chi connectivity index (χ0) is 15.6. The maximum atomic E-state index is 10.5. The maximum Gasteiger partial charge on any atom is 0.269 e. The summed E-state index contributed by atoms with van der Waals surface area (Å²) in [5.41, 5.74) is -0.121. The number of nitro groups is 1. The van der Waals surface area contributed by atoms with Crippen molar-refractivity contribution in [1.82, 2.24) is 0 Å². The molecule has 1 aliphatic rings. The molecule has 0 aromatic heterocycles. The van der Waals surface area contributed by atoms with Crippen molar-refractivity contribution in [3.8, 4) is 5.75 Å². The lowest BCUT2D eigenvalue weighted by Gasteiger charge is -2.18. The first-order chi connectivity index (χ1) is 9.93. The summed E-state index contributed by atoms with van der Waals surface area (Å²) in [6.07, 6.45) is -6.65. The molecule has 2 rings (SSSR count). The van der Waals surface area contributed by atoms with Crippen LogP contribution in [0.2, 0.25) is 0 Å². The van der Waals surface area contributed by atoms with Crippen LogP contribution >= 0.6 is 0 Å². The monoisotopic (exact) mass is 301 g/mol. The van der Waals surface area contributed by atoms with E-state index in [0.717, 1.165) is 0 Å². The van der Waals surface area contributed by atoms with Gasteiger partial charge in [0.25, 0.3) is 5.69 Å². The van der Waals surface area contributed by atoms with Gasteiger partial charge in [0.05, 0.1) is 11.5 Å². The van der Waals surface area contributed by atoms with Crippen molar-refractivity contribution < 1.29 is 34.8 Å². The van der Waals surface area contributed by atoms with E-state index in [9.17, 15) is 25.4 Å².